The zero-order chi connectivity index (χ0) is 17.3. The predicted molar refractivity (Wildman–Crippen MR) is 107 cm³/mol. The van der Waals surface area contributed by atoms with Gasteiger partial charge in [0.2, 0.25) is 0 Å². The van der Waals surface area contributed by atoms with Crippen LogP contribution in [0.15, 0.2) is 72.8 Å². The molecule has 0 saturated carbocycles. The first-order valence-corrected chi connectivity index (χ1v) is 8.97. The van der Waals surface area contributed by atoms with Crippen molar-refractivity contribution in [2.24, 2.45) is 0 Å². The van der Waals surface area contributed by atoms with E-state index in [1.54, 1.807) is 0 Å². The Hall–Kier alpha value is -2.91. The van der Waals surface area contributed by atoms with Gasteiger partial charge in [-0.05, 0) is 46.6 Å². The van der Waals surface area contributed by atoms with Crippen molar-refractivity contribution >= 4 is 45.5 Å². The van der Waals surface area contributed by atoms with Crippen LogP contribution in [0.1, 0.15) is 0 Å². The minimum atomic E-state index is 0.0528. The van der Waals surface area contributed by atoms with Gasteiger partial charge < -0.3 is 9.47 Å². The molecule has 0 amide bonds. The molecule has 0 saturated heterocycles. The molecule has 2 aliphatic rings. The summed E-state index contributed by atoms with van der Waals surface area (Å²) in [6, 6.07) is 24.4. The molecule has 6 rings (SSSR count). The van der Waals surface area contributed by atoms with Crippen molar-refractivity contribution in [2.45, 2.75) is 0 Å². The molecule has 0 aromatic heterocycles. The summed E-state index contributed by atoms with van der Waals surface area (Å²) in [7, 11) is 0. The molecule has 2 aliphatic heterocycles. The minimum Gasteiger partial charge on any atom is -0.458 e. The summed E-state index contributed by atoms with van der Waals surface area (Å²) in [4.78, 5) is 0. The third-order valence-electron chi connectivity index (χ3n) is 5.25. The van der Waals surface area contributed by atoms with Crippen LogP contribution in [0.5, 0.6) is 23.0 Å². The number of ether oxygens (including phenoxy) is 2. The van der Waals surface area contributed by atoms with Gasteiger partial charge in [0.15, 0.2) is 0 Å². The van der Waals surface area contributed by atoms with Crippen LogP contribution < -0.4 is 25.9 Å². The zero-order valence-electron chi connectivity index (χ0n) is 13.7. The molecule has 0 atom stereocenters. The molecule has 2 nitrogen and oxygen atoms in total. The molecule has 0 N–H and O–H groups in total. The Balaban J connectivity index is 1.73. The van der Waals surface area contributed by atoms with Crippen LogP contribution in [0.3, 0.4) is 0 Å². The first-order valence-electron chi connectivity index (χ1n) is 8.59. The molecule has 122 valence electrons. The van der Waals surface area contributed by atoms with E-state index < -0.39 is 0 Å². The molecule has 4 aromatic carbocycles. The van der Waals surface area contributed by atoms with Crippen molar-refractivity contribution < 1.29 is 9.47 Å². The van der Waals surface area contributed by atoms with Gasteiger partial charge in [0.05, 0.1) is 0 Å². The van der Waals surface area contributed by atoms with Crippen LogP contribution in [-0.2, 0) is 0 Å². The second-order valence-electron chi connectivity index (χ2n) is 6.69. The summed E-state index contributed by atoms with van der Waals surface area (Å²) in [6.07, 6.45) is 0. The van der Waals surface area contributed by atoms with Crippen LogP contribution in [0.25, 0.3) is 10.8 Å². The van der Waals surface area contributed by atoms with Crippen LogP contribution in [0, 0.1) is 0 Å². The normalized spacial score (nSPS) is 13.3. The molecule has 26 heavy (non-hydrogen) atoms. The van der Waals surface area contributed by atoms with E-state index in [4.69, 9.17) is 21.1 Å². The number of rotatable bonds is 0. The predicted octanol–water partition coefficient (Wildman–Crippen LogP) is 4.22. The number of hydrogen-bond donors (Lipinski definition) is 0. The fraction of sp³-hybridized carbons (Fsp3) is 0. The van der Waals surface area contributed by atoms with Crippen LogP contribution in [0.2, 0.25) is 5.02 Å². The highest BCUT2D eigenvalue weighted by molar-refractivity contribution is 6.98. The van der Waals surface area contributed by atoms with Crippen LogP contribution in [-0.4, -0.2) is 6.71 Å². The molecule has 0 fully saturated rings. The molecule has 0 aliphatic carbocycles. The average molecular weight is 355 g/mol. The number of benzene rings is 4. The van der Waals surface area contributed by atoms with E-state index in [9.17, 15) is 0 Å². The number of hydrogen-bond acceptors (Lipinski definition) is 2. The highest BCUT2D eigenvalue weighted by Gasteiger charge is 2.40. The second-order valence-corrected chi connectivity index (χ2v) is 7.13. The third kappa shape index (κ3) is 1.84. The van der Waals surface area contributed by atoms with Crippen molar-refractivity contribution in [2.75, 3.05) is 0 Å². The average Bonchev–Trinajstić information content (AvgIpc) is 2.68. The SMILES string of the molecule is Clc1ccc2c(c1)B1c3ccc4ccccc4c3Oc3cccc(c31)O2. The van der Waals surface area contributed by atoms with E-state index in [0.29, 0.717) is 5.02 Å². The smallest absolute Gasteiger partial charge is 0.260 e. The lowest BCUT2D eigenvalue weighted by Crippen LogP contribution is -2.57. The molecule has 2 heterocycles. The first-order chi connectivity index (χ1) is 12.8. The lowest BCUT2D eigenvalue weighted by Gasteiger charge is -2.33. The molecule has 0 bridgehead atoms. The molecule has 0 spiro atoms. The summed E-state index contributed by atoms with van der Waals surface area (Å²) in [6.45, 7) is 0.0528. The Morgan fingerprint density at radius 1 is 0.692 bits per heavy atom. The highest BCUT2D eigenvalue weighted by atomic mass is 35.5. The molecule has 0 unspecified atom stereocenters. The van der Waals surface area contributed by atoms with E-state index >= 15 is 0 Å². The number of fused-ring (bicyclic) bond motifs is 6. The second kappa shape index (κ2) is 5.06. The lowest BCUT2D eigenvalue weighted by atomic mass is 9.35. The van der Waals surface area contributed by atoms with Gasteiger partial charge in [0.1, 0.15) is 23.0 Å². The van der Waals surface area contributed by atoms with Gasteiger partial charge >= 0.3 is 0 Å². The minimum absolute atomic E-state index is 0.0528. The fourth-order valence-corrected chi connectivity index (χ4v) is 4.31. The Bertz CT molecular complexity index is 1220. The van der Waals surface area contributed by atoms with Gasteiger partial charge in [0, 0.05) is 15.9 Å². The summed E-state index contributed by atoms with van der Waals surface area (Å²) in [5.41, 5.74) is 3.30. The van der Waals surface area contributed by atoms with Crippen LogP contribution in [0.4, 0.5) is 0 Å². The Kier molecular flexibility index (Phi) is 2.78. The summed E-state index contributed by atoms with van der Waals surface area (Å²) in [5.74, 6) is 3.47. The topological polar surface area (TPSA) is 18.5 Å². The van der Waals surface area contributed by atoms with Gasteiger partial charge in [-0.3, -0.25) is 0 Å². The molecule has 4 heteroatoms. The molecule has 0 radical (unpaired) electrons. The highest BCUT2D eigenvalue weighted by Crippen LogP contribution is 2.37. The largest absolute Gasteiger partial charge is 0.458 e. The standard InChI is InChI=1S/C22H12BClO2/c24-14-9-11-18-17(12-14)23-16-10-8-13-4-1-2-5-15(13)22(16)26-20-7-3-6-19(25-18)21(20)23/h1-12H. The summed E-state index contributed by atoms with van der Waals surface area (Å²) < 4.78 is 12.5. The van der Waals surface area contributed by atoms with E-state index in [-0.39, 0.29) is 6.71 Å². The van der Waals surface area contributed by atoms with E-state index in [1.807, 2.05) is 48.5 Å². The lowest BCUT2D eigenvalue weighted by molar-refractivity contribution is 0.467. The van der Waals surface area contributed by atoms with Crippen LogP contribution >= 0.6 is 11.6 Å². The van der Waals surface area contributed by atoms with Gasteiger partial charge in [-0.15, -0.1) is 0 Å². The van der Waals surface area contributed by atoms with Gasteiger partial charge in [-0.1, -0.05) is 54.1 Å². The zero-order valence-corrected chi connectivity index (χ0v) is 14.5. The fourth-order valence-electron chi connectivity index (χ4n) is 4.13. The maximum atomic E-state index is 6.37. The van der Waals surface area contributed by atoms with E-state index in [1.165, 1.54) is 5.39 Å². The van der Waals surface area contributed by atoms with Gasteiger partial charge in [-0.25, -0.2) is 0 Å². The van der Waals surface area contributed by atoms with Crippen molar-refractivity contribution in [1.82, 2.24) is 0 Å². The maximum Gasteiger partial charge on any atom is 0.260 e. The molecular weight excluding hydrogens is 343 g/mol. The van der Waals surface area contributed by atoms with Crippen molar-refractivity contribution in [3.63, 3.8) is 0 Å². The van der Waals surface area contributed by atoms with Gasteiger partial charge in [-0.2, -0.15) is 0 Å². The molecular formula is C22H12BClO2. The quantitative estimate of drug-likeness (QED) is 0.380. The Morgan fingerprint density at radius 3 is 2.46 bits per heavy atom. The Morgan fingerprint density at radius 2 is 1.54 bits per heavy atom. The van der Waals surface area contributed by atoms with E-state index in [0.717, 1.165) is 44.8 Å². The first kappa shape index (κ1) is 14.3. The van der Waals surface area contributed by atoms with E-state index in [2.05, 4.69) is 24.3 Å². The monoisotopic (exact) mass is 354 g/mol. The van der Waals surface area contributed by atoms with Crippen molar-refractivity contribution in [3.8, 4) is 23.0 Å². The maximum absolute atomic E-state index is 6.37. The molecule has 4 aromatic rings. The Labute approximate surface area is 156 Å². The summed E-state index contributed by atoms with van der Waals surface area (Å²) in [5, 5.41) is 3.00. The third-order valence-corrected chi connectivity index (χ3v) is 5.49. The number of halogens is 1. The van der Waals surface area contributed by atoms with Gasteiger partial charge in [0.25, 0.3) is 6.71 Å². The van der Waals surface area contributed by atoms with Crippen molar-refractivity contribution in [3.05, 3.63) is 77.8 Å². The van der Waals surface area contributed by atoms with Crippen molar-refractivity contribution in [1.29, 1.82) is 0 Å². The summed E-state index contributed by atoms with van der Waals surface area (Å²) >= 11 is 6.32.